The summed E-state index contributed by atoms with van der Waals surface area (Å²) in [5, 5.41) is 8.80. The summed E-state index contributed by atoms with van der Waals surface area (Å²) < 4.78 is 27.5. The number of nitriles is 1. The van der Waals surface area contributed by atoms with E-state index in [0.29, 0.717) is 22.7 Å². The van der Waals surface area contributed by atoms with Gasteiger partial charge >= 0.3 is 0 Å². The summed E-state index contributed by atoms with van der Waals surface area (Å²) in [6.45, 7) is 3.60. The van der Waals surface area contributed by atoms with Gasteiger partial charge in [-0.25, -0.2) is 8.42 Å². The van der Waals surface area contributed by atoms with E-state index in [1.807, 2.05) is 11.0 Å². The summed E-state index contributed by atoms with van der Waals surface area (Å²) in [6.07, 6.45) is 2.12. The molecular weight excluding hydrogens is 362 g/mol. The van der Waals surface area contributed by atoms with E-state index in [9.17, 15) is 13.2 Å². The Morgan fingerprint density at radius 2 is 1.81 bits per heavy atom. The Morgan fingerprint density at radius 3 is 2.41 bits per heavy atom. The van der Waals surface area contributed by atoms with Crippen LogP contribution in [0.15, 0.2) is 53.4 Å². The van der Waals surface area contributed by atoms with E-state index in [-0.39, 0.29) is 10.8 Å². The van der Waals surface area contributed by atoms with Gasteiger partial charge in [0.1, 0.15) is 0 Å². The van der Waals surface area contributed by atoms with Crippen molar-refractivity contribution in [3.05, 3.63) is 59.7 Å². The van der Waals surface area contributed by atoms with Crippen molar-refractivity contribution in [2.45, 2.75) is 24.7 Å². The summed E-state index contributed by atoms with van der Waals surface area (Å²) in [5.74, 6) is 0.421. The summed E-state index contributed by atoms with van der Waals surface area (Å²) in [7, 11) is -3.77. The number of nitrogens with one attached hydrogen (secondary N) is 1. The van der Waals surface area contributed by atoms with Gasteiger partial charge in [0.2, 0.25) is 0 Å². The molecule has 0 aliphatic carbocycles. The lowest BCUT2D eigenvalue weighted by atomic mass is 9.99. The number of likely N-dealkylation sites (tertiary alicyclic amines) is 1. The van der Waals surface area contributed by atoms with Crippen LogP contribution in [0.5, 0.6) is 0 Å². The zero-order chi connectivity index (χ0) is 19.4. The highest BCUT2D eigenvalue weighted by molar-refractivity contribution is 7.92. The first kappa shape index (κ1) is 18.9. The average Bonchev–Trinajstić information content (AvgIpc) is 2.68. The first-order chi connectivity index (χ1) is 12.9. The van der Waals surface area contributed by atoms with Crippen LogP contribution < -0.4 is 4.72 Å². The molecule has 1 fully saturated rings. The first-order valence-electron chi connectivity index (χ1n) is 8.81. The minimum atomic E-state index is -3.77. The van der Waals surface area contributed by atoms with Gasteiger partial charge in [-0.3, -0.25) is 9.52 Å². The van der Waals surface area contributed by atoms with Crippen molar-refractivity contribution < 1.29 is 13.2 Å². The third kappa shape index (κ3) is 4.47. The molecule has 27 heavy (non-hydrogen) atoms. The van der Waals surface area contributed by atoms with Crippen molar-refractivity contribution in [1.82, 2.24) is 4.90 Å². The molecule has 0 saturated carbocycles. The first-order valence-corrected chi connectivity index (χ1v) is 10.3. The predicted molar refractivity (Wildman–Crippen MR) is 103 cm³/mol. The van der Waals surface area contributed by atoms with Crippen molar-refractivity contribution >= 4 is 21.6 Å². The second-order valence-corrected chi connectivity index (χ2v) is 8.50. The van der Waals surface area contributed by atoms with Gasteiger partial charge in [0, 0.05) is 24.3 Å². The molecule has 140 valence electrons. The molecular formula is C20H21N3O3S. The fourth-order valence-corrected chi connectivity index (χ4v) is 4.22. The molecule has 3 rings (SSSR count). The Kier molecular flexibility index (Phi) is 5.47. The van der Waals surface area contributed by atoms with Crippen LogP contribution in [0.2, 0.25) is 0 Å². The van der Waals surface area contributed by atoms with Crippen molar-refractivity contribution in [2.75, 3.05) is 17.8 Å². The maximum atomic E-state index is 12.6. The minimum absolute atomic E-state index is 0.0643. The lowest BCUT2D eigenvalue weighted by Gasteiger charge is -2.31. The number of sulfonamides is 1. The highest BCUT2D eigenvalue weighted by Crippen LogP contribution is 2.20. The number of hydrogen-bond donors (Lipinski definition) is 1. The van der Waals surface area contributed by atoms with Crippen LogP contribution in [0, 0.1) is 17.2 Å². The van der Waals surface area contributed by atoms with E-state index in [1.54, 1.807) is 24.3 Å². The van der Waals surface area contributed by atoms with Crippen LogP contribution in [0.1, 0.15) is 35.7 Å². The zero-order valence-corrected chi connectivity index (χ0v) is 15.9. The largest absolute Gasteiger partial charge is 0.338 e. The maximum Gasteiger partial charge on any atom is 0.261 e. The van der Waals surface area contributed by atoms with Crippen LogP contribution in [0.3, 0.4) is 0 Å². The normalized spacial score (nSPS) is 17.2. The van der Waals surface area contributed by atoms with Gasteiger partial charge in [-0.15, -0.1) is 0 Å². The topological polar surface area (TPSA) is 90.3 Å². The number of carbonyl (C=O) groups is 1. The summed E-state index contributed by atoms with van der Waals surface area (Å²) in [5.41, 5.74) is 1.31. The van der Waals surface area contributed by atoms with Crippen LogP contribution in [-0.4, -0.2) is 32.3 Å². The number of rotatable bonds is 4. The monoisotopic (exact) mass is 383 g/mol. The molecule has 0 aromatic heterocycles. The van der Waals surface area contributed by atoms with Crippen molar-refractivity contribution in [2.24, 2.45) is 5.92 Å². The van der Waals surface area contributed by atoms with Gasteiger partial charge in [0.05, 0.1) is 16.5 Å². The Morgan fingerprint density at radius 1 is 1.15 bits per heavy atom. The molecule has 0 spiro atoms. The fraction of sp³-hybridized carbons (Fsp3) is 0.300. The molecule has 6 nitrogen and oxygen atoms in total. The van der Waals surface area contributed by atoms with Crippen molar-refractivity contribution in [1.29, 1.82) is 5.26 Å². The number of benzene rings is 2. The van der Waals surface area contributed by atoms with Crippen LogP contribution in [0.25, 0.3) is 0 Å². The molecule has 0 bridgehead atoms. The Hall–Kier alpha value is -2.85. The van der Waals surface area contributed by atoms with E-state index < -0.39 is 10.0 Å². The van der Waals surface area contributed by atoms with Crippen molar-refractivity contribution in [3.63, 3.8) is 0 Å². The third-order valence-electron chi connectivity index (χ3n) is 4.62. The number of amides is 1. The van der Waals surface area contributed by atoms with E-state index in [0.717, 1.165) is 25.9 Å². The van der Waals surface area contributed by atoms with Gasteiger partial charge in [0.25, 0.3) is 15.9 Å². The van der Waals surface area contributed by atoms with Crippen LogP contribution in [-0.2, 0) is 10.0 Å². The molecule has 7 heteroatoms. The molecule has 1 amide bonds. The van der Waals surface area contributed by atoms with Crippen LogP contribution >= 0.6 is 0 Å². The zero-order valence-electron chi connectivity index (χ0n) is 15.1. The highest BCUT2D eigenvalue weighted by Gasteiger charge is 2.22. The number of nitrogens with zero attached hydrogens (tertiary/aromatic N) is 2. The lowest BCUT2D eigenvalue weighted by Crippen LogP contribution is -2.39. The highest BCUT2D eigenvalue weighted by atomic mass is 32.2. The van der Waals surface area contributed by atoms with E-state index in [4.69, 9.17) is 5.26 Å². The number of carbonyl (C=O) groups excluding carboxylic acids is 1. The van der Waals surface area contributed by atoms with E-state index >= 15 is 0 Å². The van der Waals surface area contributed by atoms with Gasteiger partial charge in [-0.2, -0.15) is 5.26 Å². The minimum Gasteiger partial charge on any atom is -0.338 e. The molecule has 1 aliphatic rings. The van der Waals surface area contributed by atoms with E-state index in [1.165, 1.54) is 24.3 Å². The summed E-state index contributed by atoms with van der Waals surface area (Å²) in [6, 6.07) is 14.1. The molecule has 1 saturated heterocycles. The Bertz CT molecular complexity index is 961. The number of hydrogen-bond acceptors (Lipinski definition) is 4. The van der Waals surface area contributed by atoms with Crippen LogP contribution in [0.4, 0.5) is 5.69 Å². The van der Waals surface area contributed by atoms with Crippen molar-refractivity contribution in [3.8, 4) is 6.07 Å². The number of anilines is 1. The molecule has 1 aliphatic heterocycles. The average molecular weight is 383 g/mol. The van der Waals surface area contributed by atoms with Gasteiger partial charge in [-0.1, -0.05) is 6.92 Å². The summed E-state index contributed by atoms with van der Waals surface area (Å²) >= 11 is 0. The SMILES string of the molecule is CC1CCCN(C(=O)c2ccc(S(=O)(=O)Nc3ccc(C#N)cc3)cc2)C1. The molecule has 1 heterocycles. The predicted octanol–water partition coefficient (Wildman–Crippen LogP) is 3.23. The molecule has 2 aromatic carbocycles. The number of piperidine rings is 1. The molecule has 2 aromatic rings. The standard InChI is InChI=1S/C20H21N3O3S/c1-15-3-2-12-23(14-15)20(24)17-6-10-19(11-7-17)27(25,26)22-18-8-4-16(13-21)5-9-18/h4-11,15,22H,2-3,12,14H2,1H3. The Labute approximate surface area is 159 Å². The second-order valence-electron chi connectivity index (χ2n) is 6.82. The molecule has 1 N–H and O–H groups in total. The maximum absolute atomic E-state index is 12.6. The fourth-order valence-electron chi connectivity index (χ4n) is 3.16. The lowest BCUT2D eigenvalue weighted by molar-refractivity contribution is 0.0683. The smallest absolute Gasteiger partial charge is 0.261 e. The molecule has 0 radical (unpaired) electrons. The third-order valence-corrected chi connectivity index (χ3v) is 6.02. The van der Waals surface area contributed by atoms with Gasteiger partial charge < -0.3 is 4.90 Å². The van der Waals surface area contributed by atoms with E-state index in [2.05, 4.69) is 11.6 Å². The second kappa shape index (κ2) is 7.80. The van der Waals surface area contributed by atoms with Gasteiger partial charge in [0.15, 0.2) is 0 Å². The summed E-state index contributed by atoms with van der Waals surface area (Å²) in [4.78, 5) is 14.5. The molecule has 1 unspecified atom stereocenters. The Balaban J connectivity index is 1.73. The molecule has 1 atom stereocenters. The quantitative estimate of drug-likeness (QED) is 0.878. The van der Waals surface area contributed by atoms with Gasteiger partial charge in [-0.05, 0) is 67.3 Å².